The third-order valence-corrected chi connectivity index (χ3v) is 6.02. The average molecular weight is 384 g/mol. The van der Waals surface area contributed by atoms with Crippen molar-refractivity contribution in [2.24, 2.45) is 0 Å². The van der Waals surface area contributed by atoms with Crippen LogP contribution in [0, 0.1) is 0 Å². The topological polar surface area (TPSA) is 44.4 Å². The van der Waals surface area contributed by atoms with Gasteiger partial charge in [-0.05, 0) is 55.5 Å². The van der Waals surface area contributed by atoms with Crippen molar-refractivity contribution in [1.82, 2.24) is 10.2 Å². The van der Waals surface area contributed by atoms with Gasteiger partial charge < -0.3 is 10.6 Å². The van der Waals surface area contributed by atoms with Crippen LogP contribution >= 0.6 is 11.6 Å². The number of rotatable bonds is 4. The Labute approximate surface area is 165 Å². The molecular weight excluding hydrogens is 358 g/mol. The highest BCUT2D eigenvalue weighted by Crippen LogP contribution is 2.35. The van der Waals surface area contributed by atoms with Gasteiger partial charge in [0.25, 0.3) is 0 Å². The first-order valence-corrected chi connectivity index (χ1v) is 10.2. The Morgan fingerprint density at radius 2 is 1.67 bits per heavy atom. The van der Waals surface area contributed by atoms with Crippen LogP contribution in [0.4, 0.5) is 10.5 Å². The summed E-state index contributed by atoms with van der Waals surface area (Å²) in [5.74, 6) is 0. The summed E-state index contributed by atoms with van der Waals surface area (Å²) in [7, 11) is 0. The zero-order valence-electron chi connectivity index (χ0n) is 15.4. The van der Waals surface area contributed by atoms with Crippen molar-refractivity contribution in [3.63, 3.8) is 0 Å². The second kappa shape index (κ2) is 8.32. The Morgan fingerprint density at radius 3 is 2.33 bits per heavy atom. The van der Waals surface area contributed by atoms with Gasteiger partial charge in [0.2, 0.25) is 0 Å². The lowest BCUT2D eigenvalue weighted by Gasteiger charge is -2.49. The summed E-state index contributed by atoms with van der Waals surface area (Å²) in [4.78, 5) is 15.0. The normalized spacial score (nSPS) is 25.0. The van der Waals surface area contributed by atoms with Gasteiger partial charge in [-0.3, -0.25) is 4.90 Å². The molecule has 2 aliphatic rings. The zero-order valence-corrected chi connectivity index (χ0v) is 16.2. The van der Waals surface area contributed by atoms with E-state index < -0.39 is 0 Å². The fourth-order valence-electron chi connectivity index (χ4n) is 4.53. The molecule has 0 aliphatic carbocycles. The summed E-state index contributed by atoms with van der Waals surface area (Å²) in [6.07, 6.45) is 5.75. The van der Waals surface area contributed by atoms with Gasteiger partial charge in [-0.1, -0.05) is 48.4 Å². The van der Waals surface area contributed by atoms with Crippen LogP contribution in [0.15, 0.2) is 54.6 Å². The van der Waals surface area contributed by atoms with E-state index in [2.05, 4.69) is 27.7 Å². The van der Waals surface area contributed by atoms with Crippen LogP contribution in [0.5, 0.6) is 0 Å². The molecule has 2 N–H and O–H groups in total. The van der Waals surface area contributed by atoms with Gasteiger partial charge in [0.05, 0.1) is 0 Å². The zero-order chi connectivity index (χ0) is 18.6. The average Bonchev–Trinajstić information content (AvgIpc) is 2.65. The first-order valence-electron chi connectivity index (χ1n) is 9.80. The lowest BCUT2D eigenvalue weighted by Crippen LogP contribution is -2.56. The minimum absolute atomic E-state index is 0.101. The van der Waals surface area contributed by atoms with Crippen LogP contribution in [0.2, 0.25) is 5.02 Å². The molecule has 27 heavy (non-hydrogen) atoms. The summed E-state index contributed by atoms with van der Waals surface area (Å²) in [6.45, 7) is 0.968. The van der Waals surface area contributed by atoms with Crippen LogP contribution < -0.4 is 10.6 Å². The quantitative estimate of drug-likeness (QED) is 0.776. The molecule has 2 bridgehead atoms. The highest BCUT2D eigenvalue weighted by molar-refractivity contribution is 6.30. The molecule has 0 radical (unpaired) electrons. The van der Waals surface area contributed by atoms with E-state index >= 15 is 0 Å². The number of urea groups is 1. The number of carbonyl (C=O) groups excluding carboxylic acids is 1. The van der Waals surface area contributed by atoms with Gasteiger partial charge >= 0.3 is 6.03 Å². The molecular formula is C22H26ClN3O. The molecule has 2 aromatic rings. The number of para-hydroxylation sites is 1. The summed E-state index contributed by atoms with van der Waals surface area (Å²) in [5, 5.41) is 6.91. The van der Waals surface area contributed by atoms with Crippen LogP contribution in [0.3, 0.4) is 0 Å². The largest absolute Gasteiger partial charge is 0.335 e. The number of anilines is 1. The standard InChI is InChI=1S/C22H26ClN3O/c23-17-11-9-16(10-12-17)15-26-20-7-4-8-21(26)14-19(13-20)25-22(27)24-18-5-2-1-3-6-18/h1-3,5-6,9-12,19-21H,4,7-8,13-15H2,(H2,24,25,27). The minimum Gasteiger partial charge on any atom is -0.335 e. The number of fused-ring (bicyclic) bond motifs is 2. The third kappa shape index (κ3) is 4.63. The van der Waals surface area contributed by atoms with E-state index in [1.54, 1.807) is 0 Å². The minimum atomic E-state index is -0.101. The Balaban J connectivity index is 1.36. The predicted molar refractivity (Wildman–Crippen MR) is 110 cm³/mol. The number of benzene rings is 2. The lowest BCUT2D eigenvalue weighted by atomic mass is 9.81. The molecule has 0 aromatic heterocycles. The van der Waals surface area contributed by atoms with E-state index in [1.807, 2.05) is 42.5 Å². The van der Waals surface area contributed by atoms with Crippen LogP contribution in [0.1, 0.15) is 37.7 Å². The molecule has 2 unspecified atom stereocenters. The fraction of sp³-hybridized carbons (Fsp3) is 0.409. The molecule has 4 nitrogen and oxygen atoms in total. The molecule has 142 valence electrons. The van der Waals surface area contributed by atoms with Gasteiger partial charge in [0.1, 0.15) is 0 Å². The Bertz CT molecular complexity index is 751. The van der Waals surface area contributed by atoms with E-state index in [1.165, 1.54) is 24.8 Å². The van der Waals surface area contributed by atoms with Gasteiger partial charge in [-0.15, -0.1) is 0 Å². The molecule has 2 saturated heterocycles. The van der Waals surface area contributed by atoms with Crippen molar-refractivity contribution >= 4 is 23.3 Å². The number of nitrogens with one attached hydrogen (secondary N) is 2. The molecule has 2 heterocycles. The Hall–Kier alpha value is -2.04. The number of hydrogen-bond donors (Lipinski definition) is 2. The van der Waals surface area contributed by atoms with E-state index in [0.717, 1.165) is 30.1 Å². The summed E-state index contributed by atoms with van der Waals surface area (Å²) in [5.41, 5.74) is 2.14. The van der Waals surface area contributed by atoms with Crippen molar-refractivity contribution < 1.29 is 4.79 Å². The number of carbonyl (C=O) groups is 1. The van der Waals surface area contributed by atoms with Crippen molar-refractivity contribution in [3.05, 3.63) is 65.2 Å². The van der Waals surface area contributed by atoms with Crippen LogP contribution in [-0.4, -0.2) is 29.1 Å². The second-order valence-corrected chi connectivity index (χ2v) is 8.11. The monoisotopic (exact) mass is 383 g/mol. The summed E-state index contributed by atoms with van der Waals surface area (Å²) < 4.78 is 0. The van der Waals surface area contributed by atoms with Gasteiger partial charge in [0.15, 0.2) is 0 Å². The fourth-order valence-corrected chi connectivity index (χ4v) is 4.66. The SMILES string of the molecule is O=C(Nc1ccccc1)NC1CC2CCCC(C1)N2Cc1ccc(Cl)cc1. The van der Waals surface area contributed by atoms with Crippen molar-refractivity contribution in [2.45, 2.75) is 56.8 Å². The predicted octanol–water partition coefficient (Wildman–Crippen LogP) is 5.05. The maximum atomic E-state index is 12.4. The number of amides is 2. The molecule has 0 spiro atoms. The second-order valence-electron chi connectivity index (χ2n) is 7.67. The Morgan fingerprint density at radius 1 is 1.00 bits per heavy atom. The summed E-state index contributed by atoms with van der Waals surface area (Å²) in [6, 6.07) is 19.0. The van der Waals surface area contributed by atoms with E-state index in [9.17, 15) is 4.79 Å². The molecule has 2 aliphatic heterocycles. The number of hydrogen-bond acceptors (Lipinski definition) is 2. The van der Waals surface area contributed by atoms with Crippen molar-refractivity contribution in [2.75, 3.05) is 5.32 Å². The molecule has 4 rings (SSSR count). The smallest absolute Gasteiger partial charge is 0.319 e. The van der Waals surface area contributed by atoms with Gasteiger partial charge in [0, 0.05) is 35.4 Å². The maximum absolute atomic E-state index is 12.4. The lowest BCUT2D eigenvalue weighted by molar-refractivity contribution is 0.0200. The molecule has 2 aromatic carbocycles. The molecule has 2 fully saturated rings. The number of piperidine rings is 2. The van der Waals surface area contributed by atoms with Gasteiger partial charge in [-0.25, -0.2) is 4.79 Å². The molecule has 5 heteroatoms. The number of halogens is 1. The molecule has 0 saturated carbocycles. The van der Waals surface area contributed by atoms with Crippen LogP contribution in [-0.2, 0) is 6.54 Å². The summed E-state index contributed by atoms with van der Waals surface area (Å²) >= 11 is 6.02. The third-order valence-electron chi connectivity index (χ3n) is 5.77. The van der Waals surface area contributed by atoms with Crippen LogP contribution in [0.25, 0.3) is 0 Å². The first kappa shape index (κ1) is 18.3. The Kier molecular flexibility index (Phi) is 5.65. The van der Waals surface area contributed by atoms with E-state index in [-0.39, 0.29) is 12.1 Å². The maximum Gasteiger partial charge on any atom is 0.319 e. The van der Waals surface area contributed by atoms with Crippen molar-refractivity contribution in [1.29, 1.82) is 0 Å². The number of nitrogens with zero attached hydrogens (tertiary/aromatic N) is 1. The van der Waals surface area contributed by atoms with Gasteiger partial charge in [-0.2, -0.15) is 0 Å². The molecule has 2 amide bonds. The highest BCUT2D eigenvalue weighted by Gasteiger charge is 2.38. The highest BCUT2D eigenvalue weighted by atomic mass is 35.5. The van der Waals surface area contributed by atoms with Crippen molar-refractivity contribution in [3.8, 4) is 0 Å². The first-order chi connectivity index (χ1) is 13.2. The van der Waals surface area contributed by atoms with E-state index in [4.69, 9.17) is 11.6 Å². The molecule has 2 atom stereocenters. The van der Waals surface area contributed by atoms with E-state index in [0.29, 0.717) is 12.1 Å².